The topological polar surface area (TPSA) is 148 Å². The molecule has 0 amide bonds. The summed E-state index contributed by atoms with van der Waals surface area (Å²) in [6, 6.07) is 3.32. The molecule has 3 fully saturated rings. The van der Waals surface area contributed by atoms with Crippen LogP contribution < -0.4 is 0 Å². The smallest absolute Gasteiger partial charge is 0.355 e. The van der Waals surface area contributed by atoms with Crippen molar-refractivity contribution >= 4 is 11.9 Å². The molecule has 10 nitrogen and oxygen atoms in total. The predicted octanol–water partition coefficient (Wildman–Crippen LogP) is 1.99. The molecule has 13 atom stereocenters. The molecular formula is C29H41NO9. The lowest BCUT2D eigenvalue weighted by Gasteiger charge is -2.57. The van der Waals surface area contributed by atoms with Crippen LogP contribution in [0, 0.1) is 29.1 Å². The van der Waals surface area contributed by atoms with Gasteiger partial charge in [-0.2, -0.15) is 0 Å². The standard InChI is InChI=1S/C29H41NO9/c1-13-10-14(2)29-17(11-19(36-6)27(35)37-22(13)16(4)31)12-20(32)28(5)24(29)21(33)15(3)23(25(28)39-29)38-26(34)18-8-7-9-30-18/h7-10,13,15-17,19-25,30-33H,11-12H2,1-6H3/b14-10+/t13-,15-,16-,17+,19+,20+,21-,22+,23-,24-,25+,28-,29+/m1/s1. The molecule has 0 radical (unpaired) electrons. The molecule has 10 heteroatoms. The quantitative estimate of drug-likeness (QED) is 0.328. The van der Waals surface area contributed by atoms with Crippen LogP contribution in [0.4, 0.5) is 0 Å². The van der Waals surface area contributed by atoms with E-state index >= 15 is 0 Å². The zero-order chi connectivity index (χ0) is 28.4. The van der Waals surface area contributed by atoms with E-state index in [0.29, 0.717) is 6.42 Å². The highest BCUT2D eigenvalue weighted by atomic mass is 16.6. The molecule has 4 N–H and O–H groups in total. The Kier molecular flexibility index (Phi) is 7.25. The molecule has 4 aliphatic rings. The molecular weight excluding hydrogens is 506 g/mol. The van der Waals surface area contributed by atoms with E-state index in [1.54, 1.807) is 25.3 Å². The van der Waals surface area contributed by atoms with Gasteiger partial charge in [-0.15, -0.1) is 0 Å². The second-order valence-electron chi connectivity index (χ2n) is 12.2. The largest absolute Gasteiger partial charge is 0.457 e. The number of cyclic esters (lactones) is 1. The summed E-state index contributed by atoms with van der Waals surface area (Å²) in [7, 11) is 1.43. The normalized spacial score (nSPS) is 47.8. The van der Waals surface area contributed by atoms with Crippen LogP contribution in [0.1, 0.15) is 57.9 Å². The summed E-state index contributed by atoms with van der Waals surface area (Å²) in [5.74, 6) is -2.95. The number of nitrogens with one attached hydrogen (secondary N) is 1. The Morgan fingerprint density at radius 3 is 2.59 bits per heavy atom. The lowest BCUT2D eigenvalue weighted by molar-refractivity contribution is -0.181. The van der Waals surface area contributed by atoms with E-state index in [4.69, 9.17) is 18.9 Å². The molecule has 5 rings (SSSR count). The van der Waals surface area contributed by atoms with Gasteiger partial charge in [-0.1, -0.05) is 26.8 Å². The minimum atomic E-state index is -1.06. The van der Waals surface area contributed by atoms with Crippen LogP contribution in [0.3, 0.4) is 0 Å². The van der Waals surface area contributed by atoms with Gasteiger partial charge < -0.3 is 39.3 Å². The molecule has 216 valence electrons. The van der Waals surface area contributed by atoms with E-state index in [1.165, 1.54) is 7.11 Å². The number of aromatic nitrogens is 1. The third-order valence-electron chi connectivity index (χ3n) is 10.1. The Morgan fingerprint density at radius 2 is 1.97 bits per heavy atom. The highest BCUT2D eigenvalue weighted by Gasteiger charge is 2.77. The second-order valence-corrected chi connectivity index (χ2v) is 12.2. The number of aromatic amines is 1. The van der Waals surface area contributed by atoms with Crippen molar-refractivity contribution in [3.8, 4) is 0 Å². The van der Waals surface area contributed by atoms with Crippen LogP contribution in [-0.2, 0) is 23.7 Å². The van der Waals surface area contributed by atoms with Crippen molar-refractivity contribution in [1.29, 1.82) is 0 Å². The number of H-pyrrole nitrogens is 1. The summed E-state index contributed by atoms with van der Waals surface area (Å²) in [6.07, 6.45) is -2.03. The molecule has 1 aromatic heterocycles. The number of rotatable bonds is 4. The van der Waals surface area contributed by atoms with Gasteiger partial charge in [0.05, 0.1) is 23.9 Å². The number of carbonyl (C=O) groups excluding carboxylic acids is 2. The second kappa shape index (κ2) is 9.99. The molecule has 0 unspecified atom stereocenters. The molecule has 3 heterocycles. The minimum Gasteiger partial charge on any atom is -0.457 e. The van der Waals surface area contributed by atoms with E-state index in [1.807, 2.05) is 33.8 Å². The summed E-state index contributed by atoms with van der Waals surface area (Å²) in [4.78, 5) is 29.0. The van der Waals surface area contributed by atoms with Crippen LogP contribution in [0.15, 0.2) is 30.0 Å². The fourth-order valence-corrected chi connectivity index (χ4v) is 8.08. The summed E-state index contributed by atoms with van der Waals surface area (Å²) in [6.45, 7) is 9.11. The van der Waals surface area contributed by atoms with Gasteiger partial charge in [-0.05, 0) is 50.3 Å². The molecule has 2 aliphatic heterocycles. The molecule has 1 saturated heterocycles. The monoisotopic (exact) mass is 547 g/mol. The van der Waals surface area contributed by atoms with Crippen molar-refractivity contribution in [3.05, 3.63) is 35.7 Å². The molecule has 4 bridgehead atoms. The number of hydrogen-bond acceptors (Lipinski definition) is 9. The van der Waals surface area contributed by atoms with Gasteiger partial charge in [-0.25, -0.2) is 9.59 Å². The molecule has 1 spiro atoms. The first kappa shape index (κ1) is 28.3. The Morgan fingerprint density at radius 1 is 1.26 bits per heavy atom. The maximum absolute atomic E-state index is 13.2. The van der Waals surface area contributed by atoms with Crippen LogP contribution in [-0.4, -0.2) is 87.7 Å². The van der Waals surface area contributed by atoms with Crippen LogP contribution >= 0.6 is 0 Å². The van der Waals surface area contributed by atoms with E-state index in [2.05, 4.69) is 4.98 Å². The SMILES string of the molecule is CO[C@H]1C[C@H]2C[C@H](O)[C@@]3(C)[C@H]4O[C@]2(/C(C)=C/[C@@H](C)[C@@H]([C@@H](C)O)OC1=O)[C@@H]3[C@H](O)[C@@H](C)[C@H]4OC(=O)c1ccc[nH]1. The van der Waals surface area contributed by atoms with E-state index in [-0.39, 0.29) is 18.0 Å². The van der Waals surface area contributed by atoms with Crippen LogP contribution in [0.2, 0.25) is 0 Å². The Balaban J connectivity index is 1.64. The van der Waals surface area contributed by atoms with Gasteiger partial charge in [0.1, 0.15) is 24.0 Å². The number of aliphatic hydroxyl groups excluding tert-OH is 3. The number of methoxy groups -OCH3 is 1. The predicted molar refractivity (Wildman–Crippen MR) is 138 cm³/mol. The summed E-state index contributed by atoms with van der Waals surface area (Å²) in [5.41, 5.74) is -0.883. The number of esters is 2. The maximum atomic E-state index is 13.2. The van der Waals surface area contributed by atoms with Crippen molar-refractivity contribution in [2.45, 2.75) is 95.8 Å². The van der Waals surface area contributed by atoms with Gasteiger partial charge in [0.15, 0.2) is 6.10 Å². The number of ether oxygens (including phenoxy) is 4. The first-order valence-electron chi connectivity index (χ1n) is 13.9. The van der Waals surface area contributed by atoms with E-state index < -0.39 is 83.4 Å². The Bertz CT molecular complexity index is 1120. The van der Waals surface area contributed by atoms with Crippen molar-refractivity contribution < 1.29 is 43.9 Å². The highest BCUT2D eigenvalue weighted by molar-refractivity contribution is 5.87. The van der Waals surface area contributed by atoms with Gasteiger partial charge in [0, 0.05) is 36.5 Å². The molecule has 2 aliphatic carbocycles. The van der Waals surface area contributed by atoms with Gasteiger partial charge in [0.25, 0.3) is 0 Å². The molecule has 39 heavy (non-hydrogen) atoms. The van der Waals surface area contributed by atoms with Gasteiger partial charge in [0.2, 0.25) is 0 Å². The number of aliphatic hydroxyl groups is 3. The maximum Gasteiger partial charge on any atom is 0.355 e. The number of carbonyl (C=O) groups is 2. The number of hydrogen-bond donors (Lipinski definition) is 4. The van der Waals surface area contributed by atoms with E-state index in [9.17, 15) is 24.9 Å². The van der Waals surface area contributed by atoms with Crippen LogP contribution in [0.25, 0.3) is 0 Å². The fraction of sp³-hybridized carbons (Fsp3) is 0.724. The first-order valence-corrected chi connectivity index (χ1v) is 13.9. The molecule has 1 aromatic rings. The lowest BCUT2D eigenvalue weighted by atomic mass is 9.48. The summed E-state index contributed by atoms with van der Waals surface area (Å²) >= 11 is 0. The highest BCUT2D eigenvalue weighted by Crippen LogP contribution is 2.68. The molecule has 2 saturated carbocycles. The first-order chi connectivity index (χ1) is 18.4. The Hall–Kier alpha value is -2.24. The summed E-state index contributed by atoms with van der Waals surface area (Å²) in [5, 5.41) is 34.0. The zero-order valence-corrected chi connectivity index (χ0v) is 23.4. The van der Waals surface area contributed by atoms with Crippen molar-refractivity contribution in [2.24, 2.45) is 29.1 Å². The average molecular weight is 548 g/mol. The average Bonchev–Trinajstić information content (AvgIpc) is 3.47. The lowest BCUT2D eigenvalue weighted by Crippen LogP contribution is -2.67. The van der Waals surface area contributed by atoms with E-state index in [0.717, 1.165) is 5.57 Å². The van der Waals surface area contributed by atoms with Crippen LogP contribution in [0.5, 0.6) is 0 Å². The summed E-state index contributed by atoms with van der Waals surface area (Å²) < 4.78 is 24.3. The Labute approximate surface area is 228 Å². The third-order valence-corrected chi connectivity index (χ3v) is 10.1. The minimum absolute atomic E-state index is 0.186. The zero-order valence-electron chi connectivity index (χ0n) is 23.4. The van der Waals surface area contributed by atoms with Crippen molar-refractivity contribution in [1.82, 2.24) is 4.98 Å². The molecule has 0 aromatic carbocycles. The van der Waals surface area contributed by atoms with Gasteiger partial charge in [-0.3, -0.25) is 0 Å². The fourth-order valence-electron chi connectivity index (χ4n) is 8.08. The third kappa shape index (κ3) is 4.10. The van der Waals surface area contributed by atoms with Crippen molar-refractivity contribution in [3.63, 3.8) is 0 Å². The van der Waals surface area contributed by atoms with Gasteiger partial charge >= 0.3 is 11.9 Å². The van der Waals surface area contributed by atoms with Crippen molar-refractivity contribution in [2.75, 3.05) is 7.11 Å².